The van der Waals surface area contributed by atoms with Crippen LogP contribution in [0, 0.1) is 11.8 Å². The van der Waals surface area contributed by atoms with Crippen molar-refractivity contribution in [1.29, 1.82) is 0 Å². The molecule has 1 aliphatic carbocycles. The summed E-state index contributed by atoms with van der Waals surface area (Å²) in [5.41, 5.74) is 2.59. The molecule has 1 aliphatic heterocycles. The number of nitrogens with zero attached hydrogens (tertiary/aromatic N) is 1. The van der Waals surface area contributed by atoms with Crippen LogP contribution in [-0.2, 0) is 14.4 Å². The van der Waals surface area contributed by atoms with Gasteiger partial charge in [0.2, 0.25) is 17.7 Å². The van der Waals surface area contributed by atoms with Crippen LogP contribution >= 0.6 is 11.8 Å². The molecule has 0 radical (unpaired) electrons. The zero-order valence-electron chi connectivity index (χ0n) is 20.3. The Labute approximate surface area is 219 Å². The predicted octanol–water partition coefficient (Wildman–Crippen LogP) is 5.82. The highest BCUT2D eigenvalue weighted by Gasteiger charge is 2.47. The Morgan fingerprint density at radius 1 is 0.838 bits per heavy atom. The van der Waals surface area contributed by atoms with E-state index in [4.69, 9.17) is 0 Å². The minimum Gasteiger partial charge on any atom is -0.325 e. The fourth-order valence-corrected chi connectivity index (χ4v) is 5.79. The van der Waals surface area contributed by atoms with Crippen molar-refractivity contribution in [3.8, 4) is 0 Å². The van der Waals surface area contributed by atoms with Crippen molar-refractivity contribution in [2.75, 3.05) is 10.2 Å². The Morgan fingerprint density at radius 3 is 2.00 bits per heavy atom. The van der Waals surface area contributed by atoms with Crippen LogP contribution in [0.3, 0.4) is 0 Å². The van der Waals surface area contributed by atoms with Crippen LogP contribution in [0.2, 0.25) is 0 Å². The normalized spacial score (nSPS) is 19.4. The average Bonchev–Trinajstić information content (AvgIpc) is 3.18. The zero-order valence-corrected chi connectivity index (χ0v) is 21.1. The molecule has 186 valence electrons. The van der Waals surface area contributed by atoms with E-state index < -0.39 is 5.25 Å². The van der Waals surface area contributed by atoms with Crippen molar-refractivity contribution in [1.82, 2.24) is 0 Å². The van der Waals surface area contributed by atoms with Crippen molar-refractivity contribution in [3.05, 3.63) is 102 Å². The fraction of sp³-hybridized carbons (Fsp3) is 0.200. The van der Waals surface area contributed by atoms with Gasteiger partial charge in [-0.05, 0) is 73.9 Å². The van der Waals surface area contributed by atoms with E-state index in [1.165, 1.54) is 23.6 Å². The molecule has 6 nitrogen and oxygen atoms in total. The van der Waals surface area contributed by atoms with Crippen LogP contribution < -0.4 is 10.2 Å². The first-order valence-corrected chi connectivity index (χ1v) is 13.1. The summed E-state index contributed by atoms with van der Waals surface area (Å²) >= 11 is 1.39. The lowest BCUT2D eigenvalue weighted by atomic mass is 9.85. The maximum Gasteiger partial charge on any atom is 0.242 e. The number of carbonyl (C=O) groups is 4. The average molecular weight is 511 g/mol. The van der Waals surface area contributed by atoms with Gasteiger partial charge in [-0.15, -0.1) is 11.8 Å². The molecule has 3 atom stereocenters. The molecule has 1 saturated heterocycles. The van der Waals surface area contributed by atoms with Gasteiger partial charge in [0, 0.05) is 16.1 Å². The summed E-state index contributed by atoms with van der Waals surface area (Å²) in [6.45, 7) is 1.50. The molecular weight excluding hydrogens is 484 g/mol. The topological polar surface area (TPSA) is 83.6 Å². The number of imide groups is 1. The Bertz CT molecular complexity index is 1340. The minimum atomic E-state index is -0.538. The molecule has 1 fully saturated rings. The van der Waals surface area contributed by atoms with E-state index in [9.17, 15) is 19.2 Å². The lowest BCUT2D eigenvalue weighted by molar-refractivity contribution is -0.122. The van der Waals surface area contributed by atoms with Crippen molar-refractivity contribution in [2.45, 2.75) is 29.9 Å². The van der Waals surface area contributed by atoms with Gasteiger partial charge >= 0.3 is 0 Å². The fourth-order valence-electron chi connectivity index (χ4n) is 4.76. The molecule has 0 unspecified atom stereocenters. The molecule has 37 heavy (non-hydrogen) atoms. The first-order valence-electron chi connectivity index (χ1n) is 12.2. The number of fused-ring (bicyclic) bond motifs is 1. The molecule has 3 aromatic rings. The number of anilines is 2. The second-order valence-electron chi connectivity index (χ2n) is 9.19. The molecule has 0 aromatic heterocycles. The van der Waals surface area contributed by atoms with Crippen LogP contribution in [0.4, 0.5) is 11.4 Å². The van der Waals surface area contributed by atoms with Crippen LogP contribution in [0.25, 0.3) is 0 Å². The number of Topliss-reactive ketones (excluding diaryl/α,β-unsaturated/α-hetero) is 1. The summed E-state index contributed by atoms with van der Waals surface area (Å²) < 4.78 is 0. The highest BCUT2D eigenvalue weighted by atomic mass is 32.2. The molecule has 0 saturated carbocycles. The summed E-state index contributed by atoms with van der Waals surface area (Å²) in [4.78, 5) is 52.9. The molecule has 1 heterocycles. The summed E-state index contributed by atoms with van der Waals surface area (Å²) in [7, 11) is 0. The van der Waals surface area contributed by atoms with Gasteiger partial charge in [-0.2, -0.15) is 0 Å². The van der Waals surface area contributed by atoms with E-state index in [-0.39, 0.29) is 35.3 Å². The molecule has 2 aliphatic rings. The number of hydrogen-bond acceptors (Lipinski definition) is 5. The van der Waals surface area contributed by atoms with Gasteiger partial charge in [-0.25, -0.2) is 0 Å². The van der Waals surface area contributed by atoms with E-state index in [2.05, 4.69) is 5.32 Å². The number of hydrogen-bond donors (Lipinski definition) is 1. The third-order valence-electron chi connectivity index (χ3n) is 6.76. The van der Waals surface area contributed by atoms with Gasteiger partial charge < -0.3 is 5.32 Å². The number of rotatable bonds is 7. The molecule has 0 bridgehead atoms. The van der Waals surface area contributed by atoms with Crippen LogP contribution in [0.15, 0.2) is 95.9 Å². The van der Waals surface area contributed by atoms with Crippen molar-refractivity contribution >= 4 is 46.6 Å². The van der Waals surface area contributed by atoms with Gasteiger partial charge in [0.05, 0.1) is 17.5 Å². The number of benzene rings is 3. The third-order valence-corrected chi connectivity index (χ3v) is 8.02. The Balaban J connectivity index is 1.34. The van der Waals surface area contributed by atoms with Crippen LogP contribution in [-0.4, -0.2) is 23.5 Å². The number of thioether (sulfide) groups is 1. The van der Waals surface area contributed by atoms with Gasteiger partial charge in [-0.1, -0.05) is 42.5 Å². The summed E-state index contributed by atoms with van der Waals surface area (Å²) in [6.07, 6.45) is 5.15. The van der Waals surface area contributed by atoms with Crippen LogP contribution in [0.5, 0.6) is 0 Å². The SMILES string of the molecule is CC(=O)c1ccc(NC(=O)[C@H](Sc2ccc(N3C(=O)[C@H]4CC=CC[C@@H]4C3=O)cc2)c2ccccc2)cc1. The Kier molecular flexibility index (Phi) is 7.06. The molecule has 5 rings (SSSR count). The van der Waals surface area contributed by atoms with Gasteiger partial charge in [0.15, 0.2) is 5.78 Å². The Hall–Kier alpha value is -3.97. The van der Waals surface area contributed by atoms with E-state index >= 15 is 0 Å². The maximum atomic E-state index is 13.3. The number of nitrogens with one attached hydrogen (secondary N) is 1. The first kappa shape index (κ1) is 24.7. The van der Waals surface area contributed by atoms with E-state index in [0.717, 1.165) is 10.5 Å². The smallest absolute Gasteiger partial charge is 0.242 e. The monoisotopic (exact) mass is 510 g/mol. The highest BCUT2D eigenvalue weighted by Crippen LogP contribution is 2.40. The van der Waals surface area contributed by atoms with Crippen molar-refractivity contribution < 1.29 is 19.2 Å². The molecule has 0 spiro atoms. The van der Waals surface area contributed by atoms with Crippen molar-refractivity contribution in [2.24, 2.45) is 11.8 Å². The summed E-state index contributed by atoms with van der Waals surface area (Å²) in [5, 5.41) is 2.41. The third kappa shape index (κ3) is 5.13. The van der Waals surface area contributed by atoms with Gasteiger partial charge in [0.25, 0.3) is 0 Å². The number of ketones is 1. The Morgan fingerprint density at radius 2 is 1.43 bits per heavy atom. The lowest BCUT2D eigenvalue weighted by Gasteiger charge is -2.19. The molecule has 7 heteroatoms. The van der Waals surface area contributed by atoms with Crippen molar-refractivity contribution in [3.63, 3.8) is 0 Å². The maximum absolute atomic E-state index is 13.3. The van der Waals surface area contributed by atoms with Crippen LogP contribution in [0.1, 0.15) is 40.9 Å². The minimum absolute atomic E-state index is 0.0354. The predicted molar refractivity (Wildman–Crippen MR) is 144 cm³/mol. The summed E-state index contributed by atoms with van der Waals surface area (Å²) in [5.74, 6) is -1.07. The second kappa shape index (κ2) is 10.6. The van der Waals surface area contributed by atoms with E-state index in [0.29, 0.717) is 29.8 Å². The quantitative estimate of drug-likeness (QED) is 0.188. The van der Waals surface area contributed by atoms with Gasteiger partial charge in [0.1, 0.15) is 5.25 Å². The number of allylic oxidation sites excluding steroid dienone is 2. The van der Waals surface area contributed by atoms with Gasteiger partial charge in [-0.3, -0.25) is 24.1 Å². The second-order valence-corrected chi connectivity index (χ2v) is 10.4. The number of carbonyl (C=O) groups excluding carboxylic acids is 4. The van der Waals surface area contributed by atoms with E-state index in [1.807, 2.05) is 54.6 Å². The number of amides is 3. The first-order chi connectivity index (χ1) is 17.9. The summed E-state index contributed by atoms with van der Waals surface area (Å²) in [6, 6.07) is 23.5. The highest BCUT2D eigenvalue weighted by molar-refractivity contribution is 8.00. The lowest BCUT2D eigenvalue weighted by Crippen LogP contribution is -2.30. The molecule has 3 aromatic carbocycles. The molecular formula is C30H26N2O4S. The molecule has 3 amide bonds. The largest absolute Gasteiger partial charge is 0.325 e. The standard InChI is InChI=1S/C30H26N2O4S/c1-19(33)20-11-13-22(14-12-20)31-28(34)27(21-7-3-2-4-8-21)37-24-17-15-23(16-18-24)32-29(35)25-9-5-6-10-26(25)30(32)36/h2-8,11-18,25-27H,9-10H2,1H3,(H,31,34)/t25-,26-,27+/m0/s1. The van der Waals surface area contributed by atoms with E-state index in [1.54, 1.807) is 36.4 Å². The zero-order chi connectivity index (χ0) is 25.9. The molecule has 1 N–H and O–H groups in total.